The van der Waals surface area contributed by atoms with Gasteiger partial charge in [0.25, 0.3) is 0 Å². The molecule has 0 bridgehead atoms. The standard InChI is InChI=1S/C24H18O6/c1-10-5-12(3)20-14(7-10)19(25)18(24(27)30-20)17-9-16-22(28-17)15-8-11(2)6-13(4)21(15)29-23(16)26/h5-9,18H,1-4H3. The SMILES string of the molecule is Cc1cc(C)c2c(c1)C(=O)C(c1cc3c(=O)oc4c(C)cc(C)cc4c3o1)C(=O)O2. The normalized spacial score (nSPS) is 16.2. The fraction of sp³-hybridized carbons (Fsp3) is 0.208. The third-order valence-electron chi connectivity index (χ3n) is 5.50. The van der Waals surface area contributed by atoms with Crippen LogP contribution in [-0.4, -0.2) is 11.8 Å². The Hall–Kier alpha value is -3.67. The zero-order chi connectivity index (χ0) is 21.3. The maximum Gasteiger partial charge on any atom is 0.347 e. The van der Waals surface area contributed by atoms with Crippen molar-refractivity contribution in [3.8, 4) is 5.75 Å². The fourth-order valence-corrected chi connectivity index (χ4v) is 4.25. The summed E-state index contributed by atoms with van der Waals surface area (Å²) in [7, 11) is 0. The quantitative estimate of drug-likeness (QED) is 0.199. The fourth-order valence-electron chi connectivity index (χ4n) is 4.25. The number of fused-ring (bicyclic) bond motifs is 4. The lowest BCUT2D eigenvalue weighted by Gasteiger charge is -2.22. The van der Waals surface area contributed by atoms with Gasteiger partial charge in [-0.05, 0) is 68.1 Å². The molecule has 2 aromatic heterocycles. The van der Waals surface area contributed by atoms with Gasteiger partial charge in [-0.15, -0.1) is 0 Å². The van der Waals surface area contributed by atoms with E-state index >= 15 is 0 Å². The molecular formula is C24H18O6. The van der Waals surface area contributed by atoms with E-state index in [0.717, 1.165) is 16.7 Å². The van der Waals surface area contributed by atoms with Crippen LogP contribution in [0.5, 0.6) is 5.75 Å². The van der Waals surface area contributed by atoms with Gasteiger partial charge in [-0.25, -0.2) is 4.79 Å². The summed E-state index contributed by atoms with van der Waals surface area (Å²) >= 11 is 0. The van der Waals surface area contributed by atoms with Crippen LogP contribution in [-0.2, 0) is 4.79 Å². The molecule has 1 aliphatic heterocycles. The number of hydrogen-bond acceptors (Lipinski definition) is 6. The number of aryl methyl sites for hydroxylation is 4. The summed E-state index contributed by atoms with van der Waals surface area (Å²) in [5.41, 5.74) is 3.86. The van der Waals surface area contributed by atoms with E-state index in [1.165, 1.54) is 6.07 Å². The number of ether oxygens (including phenoxy) is 1. The molecule has 3 heterocycles. The van der Waals surface area contributed by atoms with Crippen molar-refractivity contribution in [1.29, 1.82) is 0 Å². The number of ketones is 1. The summed E-state index contributed by atoms with van der Waals surface area (Å²) in [5, 5.41) is 0.811. The summed E-state index contributed by atoms with van der Waals surface area (Å²) in [6.45, 7) is 7.43. The molecule has 6 nitrogen and oxygen atoms in total. The lowest BCUT2D eigenvalue weighted by Crippen LogP contribution is -2.31. The molecule has 1 aliphatic rings. The molecule has 0 spiro atoms. The van der Waals surface area contributed by atoms with Crippen LogP contribution in [0, 0.1) is 27.7 Å². The number of benzene rings is 2. The Kier molecular flexibility index (Phi) is 3.77. The molecule has 0 amide bonds. The van der Waals surface area contributed by atoms with E-state index < -0.39 is 23.3 Å². The first kappa shape index (κ1) is 18.4. The van der Waals surface area contributed by atoms with Crippen LogP contribution in [0.4, 0.5) is 0 Å². The number of carbonyl (C=O) groups is 2. The molecule has 30 heavy (non-hydrogen) atoms. The van der Waals surface area contributed by atoms with Crippen LogP contribution in [0.2, 0.25) is 0 Å². The van der Waals surface area contributed by atoms with Gasteiger partial charge in [0.1, 0.15) is 22.5 Å². The monoisotopic (exact) mass is 402 g/mol. The third kappa shape index (κ3) is 2.53. The second-order valence-electron chi connectivity index (χ2n) is 7.92. The minimum atomic E-state index is -1.27. The van der Waals surface area contributed by atoms with Crippen molar-refractivity contribution in [3.05, 3.63) is 74.3 Å². The Morgan fingerprint density at radius 1 is 0.733 bits per heavy atom. The number of hydrogen-bond donors (Lipinski definition) is 0. The Bertz CT molecular complexity index is 1470. The van der Waals surface area contributed by atoms with Crippen LogP contribution in [0.3, 0.4) is 0 Å². The zero-order valence-electron chi connectivity index (χ0n) is 16.9. The van der Waals surface area contributed by atoms with Crippen molar-refractivity contribution >= 4 is 33.7 Å². The van der Waals surface area contributed by atoms with Gasteiger partial charge in [0.2, 0.25) is 0 Å². The van der Waals surface area contributed by atoms with E-state index in [2.05, 4.69) is 0 Å². The minimum Gasteiger partial charge on any atom is -0.459 e. The first-order chi connectivity index (χ1) is 14.2. The summed E-state index contributed by atoms with van der Waals surface area (Å²) in [5.74, 6) is -2.05. The molecule has 150 valence electrons. The third-order valence-corrected chi connectivity index (χ3v) is 5.50. The molecule has 2 aromatic carbocycles. The highest BCUT2D eigenvalue weighted by molar-refractivity contribution is 6.17. The molecule has 0 N–H and O–H groups in total. The first-order valence-corrected chi connectivity index (χ1v) is 9.59. The Balaban J connectivity index is 1.74. The Labute approximate surface area is 171 Å². The molecule has 0 aliphatic carbocycles. The second kappa shape index (κ2) is 6.16. The molecule has 1 unspecified atom stereocenters. The van der Waals surface area contributed by atoms with Gasteiger partial charge in [-0.2, -0.15) is 0 Å². The predicted octanol–water partition coefficient (Wildman–Crippen LogP) is 4.66. The predicted molar refractivity (Wildman–Crippen MR) is 110 cm³/mol. The van der Waals surface area contributed by atoms with E-state index in [1.807, 2.05) is 39.0 Å². The number of furan rings is 1. The minimum absolute atomic E-state index is 0.0729. The largest absolute Gasteiger partial charge is 0.459 e. The molecule has 0 saturated heterocycles. The van der Waals surface area contributed by atoms with Crippen molar-refractivity contribution in [2.75, 3.05) is 0 Å². The summed E-state index contributed by atoms with van der Waals surface area (Å²) < 4.78 is 16.9. The first-order valence-electron chi connectivity index (χ1n) is 9.59. The van der Waals surface area contributed by atoms with E-state index in [0.29, 0.717) is 27.7 Å². The molecule has 0 saturated carbocycles. The molecule has 5 rings (SSSR count). The smallest absolute Gasteiger partial charge is 0.347 e. The van der Waals surface area contributed by atoms with Crippen molar-refractivity contribution in [1.82, 2.24) is 0 Å². The van der Waals surface area contributed by atoms with E-state index in [-0.39, 0.29) is 16.9 Å². The van der Waals surface area contributed by atoms with Gasteiger partial charge in [0.05, 0.1) is 10.9 Å². The van der Waals surface area contributed by atoms with Gasteiger partial charge >= 0.3 is 11.6 Å². The van der Waals surface area contributed by atoms with E-state index in [4.69, 9.17) is 13.6 Å². The van der Waals surface area contributed by atoms with Crippen LogP contribution >= 0.6 is 0 Å². The van der Waals surface area contributed by atoms with Crippen molar-refractivity contribution in [2.45, 2.75) is 33.6 Å². The second-order valence-corrected chi connectivity index (χ2v) is 7.92. The van der Waals surface area contributed by atoms with Crippen molar-refractivity contribution in [3.63, 3.8) is 0 Å². The molecular weight excluding hydrogens is 384 g/mol. The Morgan fingerprint density at radius 2 is 1.43 bits per heavy atom. The maximum atomic E-state index is 13.2. The molecule has 0 radical (unpaired) electrons. The number of Topliss-reactive ketones (excluding diaryl/α,β-unsaturated/α-hetero) is 1. The summed E-state index contributed by atoms with van der Waals surface area (Å²) in [6.07, 6.45) is 0. The number of esters is 1. The lowest BCUT2D eigenvalue weighted by atomic mass is 9.90. The molecule has 1 atom stereocenters. The van der Waals surface area contributed by atoms with E-state index in [9.17, 15) is 14.4 Å². The average Bonchev–Trinajstić information content (AvgIpc) is 3.10. The van der Waals surface area contributed by atoms with Crippen LogP contribution in [0.25, 0.3) is 21.9 Å². The highest BCUT2D eigenvalue weighted by Crippen LogP contribution is 2.38. The average molecular weight is 402 g/mol. The summed E-state index contributed by atoms with van der Waals surface area (Å²) in [6, 6.07) is 8.72. The molecule has 4 aromatic rings. The van der Waals surface area contributed by atoms with E-state index in [1.54, 1.807) is 13.0 Å². The number of rotatable bonds is 1. The molecule has 0 fully saturated rings. The van der Waals surface area contributed by atoms with Crippen LogP contribution < -0.4 is 10.4 Å². The van der Waals surface area contributed by atoms with Crippen LogP contribution in [0.15, 0.2) is 44.0 Å². The zero-order valence-corrected chi connectivity index (χ0v) is 16.9. The van der Waals surface area contributed by atoms with Crippen LogP contribution in [0.1, 0.15) is 44.3 Å². The van der Waals surface area contributed by atoms with Gasteiger partial charge in [-0.3, -0.25) is 9.59 Å². The molecule has 6 heteroatoms. The van der Waals surface area contributed by atoms with Gasteiger partial charge in [0, 0.05) is 0 Å². The highest BCUT2D eigenvalue weighted by atomic mass is 16.5. The van der Waals surface area contributed by atoms with Crippen molar-refractivity contribution in [2.24, 2.45) is 0 Å². The van der Waals surface area contributed by atoms with Crippen molar-refractivity contribution < 1.29 is 23.2 Å². The topological polar surface area (TPSA) is 86.7 Å². The van der Waals surface area contributed by atoms with Gasteiger partial charge in [-0.1, -0.05) is 12.1 Å². The lowest BCUT2D eigenvalue weighted by molar-refractivity contribution is -0.135. The Morgan fingerprint density at radius 3 is 2.20 bits per heavy atom. The van der Waals surface area contributed by atoms with Gasteiger partial charge < -0.3 is 13.6 Å². The maximum absolute atomic E-state index is 13.2. The van der Waals surface area contributed by atoms with Gasteiger partial charge in [0.15, 0.2) is 17.3 Å². The number of carbonyl (C=O) groups excluding carboxylic acids is 2. The highest BCUT2D eigenvalue weighted by Gasteiger charge is 2.41. The summed E-state index contributed by atoms with van der Waals surface area (Å²) in [4.78, 5) is 38.5.